The normalized spacial score (nSPS) is 11.4. The second-order valence-electron chi connectivity index (χ2n) is 3.61. The van der Waals surface area contributed by atoms with E-state index < -0.39 is 7.60 Å². The molecule has 0 fully saturated rings. The van der Waals surface area contributed by atoms with Crippen LogP contribution in [0.15, 0.2) is 24.3 Å². The standard InChI is InChI=1S/C10H14NO4P/c11-10(12)6-5-8-1-3-9(4-2-8)7-16(13,14)15/h1-4H,5-7H2,(H2,11,12)(H2,13,14,15). The van der Waals surface area contributed by atoms with Crippen LogP contribution in [0.3, 0.4) is 0 Å². The molecule has 16 heavy (non-hydrogen) atoms. The summed E-state index contributed by atoms with van der Waals surface area (Å²) < 4.78 is 10.7. The average molecular weight is 243 g/mol. The lowest BCUT2D eigenvalue weighted by molar-refractivity contribution is -0.117. The summed E-state index contributed by atoms with van der Waals surface area (Å²) in [6.45, 7) is 0. The third-order valence-electron chi connectivity index (χ3n) is 2.07. The van der Waals surface area contributed by atoms with Crippen molar-refractivity contribution in [3.8, 4) is 0 Å². The van der Waals surface area contributed by atoms with Crippen molar-refractivity contribution in [3.63, 3.8) is 0 Å². The summed E-state index contributed by atoms with van der Waals surface area (Å²) in [5.74, 6) is -0.362. The summed E-state index contributed by atoms with van der Waals surface area (Å²) in [6.07, 6.45) is 0.562. The molecular weight excluding hydrogens is 229 g/mol. The van der Waals surface area contributed by atoms with Gasteiger partial charge in [0, 0.05) is 6.42 Å². The SMILES string of the molecule is NC(=O)CCc1ccc(CP(=O)(O)O)cc1. The van der Waals surface area contributed by atoms with Gasteiger partial charge in [-0.2, -0.15) is 0 Å². The van der Waals surface area contributed by atoms with Crippen LogP contribution in [0.5, 0.6) is 0 Å². The highest BCUT2D eigenvalue weighted by atomic mass is 31.2. The predicted molar refractivity (Wildman–Crippen MR) is 59.7 cm³/mol. The molecule has 0 aliphatic rings. The highest BCUT2D eigenvalue weighted by Crippen LogP contribution is 2.38. The molecule has 1 rings (SSSR count). The molecule has 0 aliphatic carbocycles. The zero-order chi connectivity index (χ0) is 12.2. The van der Waals surface area contributed by atoms with E-state index in [0.29, 0.717) is 12.0 Å². The maximum absolute atomic E-state index is 10.7. The van der Waals surface area contributed by atoms with Crippen molar-refractivity contribution >= 4 is 13.5 Å². The van der Waals surface area contributed by atoms with Gasteiger partial charge in [-0.3, -0.25) is 9.36 Å². The highest BCUT2D eigenvalue weighted by molar-refractivity contribution is 7.50. The molecule has 88 valence electrons. The van der Waals surface area contributed by atoms with E-state index in [4.69, 9.17) is 15.5 Å². The molecular formula is C10H14NO4P. The van der Waals surface area contributed by atoms with Crippen molar-refractivity contribution < 1.29 is 19.1 Å². The number of primary amides is 1. The lowest BCUT2D eigenvalue weighted by atomic mass is 10.1. The smallest absolute Gasteiger partial charge is 0.329 e. The molecule has 0 unspecified atom stereocenters. The molecule has 0 saturated heterocycles. The number of carbonyl (C=O) groups excluding carboxylic acids is 1. The van der Waals surface area contributed by atoms with E-state index in [1.807, 2.05) is 0 Å². The van der Waals surface area contributed by atoms with Gasteiger partial charge in [0.2, 0.25) is 5.91 Å². The van der Waals surface area contributed by atoms with E-state index in [1.165, 1.54) is 0 Å². The largest absolute Gasteiger partial charge is 0.370 e. The van der Waals surface area contributed by atoms with E-state index in [9.17, 15) is 9.36 Å². The summed E-state index contributed by atoms with van der Waals surface area (Å²) in [5, 5.41) is 0. The molecule has 6 heteroatoms. The summed E-state index contributed by atoms with van der Waals surface area (Å²) in [7, 11) is -4.01. The number of hydrogen-bond acceptors (Lipinski definition) is 2. The maximum Gasteiger partial charge on any atom is 0.329 e. The topological polar surface area (TPSA) is 101 Å². The number of amides is 1. The Kier molecular flexibility index (Phi) is 4.24. The Bertz CT molecular complexity index is 409. The third kappa shape index (κ3) is 5.07. The third-order valence-corrected chi connectivity index (χ3v) is 2.85. The lowest BCUT2D eigenvalue weighted by Crippen LogP contribution is -2.11. The minimum absolute atomic E-state index is 0.261. The highest BCUT2D eigenvalue weighted by Gasteiger charge is 2.13. The number of aryl methyl sites for hydroxylation is 1. The van der Waals surface area contributed by atoms with Gasteiger partial charge in [0.1, 0.15) is 0 Å². The second-order valence-corrected chi connectivity index (χ2v) is 5.25. The van der Waals surface area contributed by atoms with Gasteiger partial charge in [0.05, 0.1) is 6.16 Å². The molecule has 0 atom stereocenters. The number of carbonyl (C=O) groups is 1. The summed E-state index contributed by atoms with van der Waals surface area (Å²) >= 11 is 0. The van der Waals surface area contributed by atoms with Crippen LogP contribution in [-0.4, -0.2) is 15.7 Å². The number of nitrogens with two attached hydrogens (primary N) is 1. The lowest BCUT2D eigenvalue weighted by Gasteiger charge is -2.05. The molecule has 0 radical (unpaired) electrons. The Labute approximate surface area is 93.4 Å². The van der Waals surface area contributed by atoms with E-state index in [-0.39, 0.29) is 18.5 Å². The first-order chi connectivity index (χ1) is 7.37. The summed E-state index contributed by atoms with van der Waals surface area (Å²) in [4.78, 5) is 28.1. The fourth-order valence-corrected chi connectivity index (χ4v) is 2.00. The van der Waals surface area contributed by atoms with Crippen molar-refractivity contribution in [3.05, 3.63) is 35.4 Å². The van der Waals surface area contributed by atoms with Crippen LogP contribution in [0, 0.1) is 0 Å². The number of rotatable bonds is 5. The van der Waals surface area contributed by atoms with Gasteiger partial charge in [-0.25, -0.2) is 0 Å². The maximum atomic E-state index is 10.7. The number of hydrogen-bond donors (Lipinski definition) is 3. The van der Waals surface area contributed by atoms with Crippen LogP contribution >= 0.6 is 7.60 Å². The molecule has 1 aromatic carbocycles. The molecule has 1 amide bonds. The van der Waals surface area contributed by atoms with Gasteiger partial charge in [-0.1, -0.05) is 24.3 Å². The molecule has 0 aliphatic heterocycles. The van der Waals surface area contributed by atoms with Crippen molar-refractivity contribution in [2.75, 3.05) is 0 Å². The molecule has 5 nitrogen and oxygen atoms in total. The van der Waals surface area contributed by atoms with E-state index in [0.717, 1.165) is 5.56 Å². The zero-order valence-corrected chi connectivity index (χ0v) is 9.56. The zero-order valence-electron chi connectivity index (χ0n) is 8.67. The Morgan fingerprint density at radius 3 is 2.12 bits per heavy atom. The molecule has 0 saturated carbocycles. The monoisotopic (exact) mass is 243 g/mol. The van der Waals surface area contributed by atoms with Crippen molar-refractivity contribution in [1.82, 2.24) is 0 Å². The van der Waals surface area contributed by atoms with Gasteiger partial charge in [0.25, 0.3) is 0 Å². The Morgan fingerprint density at radius 1 is 1.19 bits per heavy atom. The van der Waals surface area contributed by atoms with Gasteiger partial charge in [-0.15, -0.1) is 0 Å². The first kappa shape index (κ1) is 12.9. The quantitative estimate of drug-likeness (QED) is 0.665. The first-order valence-electron chi connectivity index (χ1n) is 4.77. The minimum Gasteiger partial charge on any atom is -0.370 e. The molecule has 0 bridgehead atoms. The second kappa shape index (κ2) is 5.25. The molecule has 4 N–H and O–H groups in total. The van der Waals surface area contributed by atoms with E-state index in [1.54, 1.807) is 24.3 Å². The Hall–Kier alpha value is -1.16. The van der Waals surface area contributed by atoms with Gasteiger partial charge in [0.15, 0.2) is 0 Å². The number of benzene rings is 1. The molecule has 0 spiro atoms. The fourth-order valence-electron chi connectivity index (χ4n) is 1.32. The van der Waals surface area contributed by atoms with Crippen LogP contribution in [0.4, 0.5) is 0 Å². The van der Waals surface area contributed by atoms with Crippen LogP contribution in [-0.2, 0) is 21.9 Å². The molecule has 0 aromatic heterocycles. The summed E-state index contributed by atoms with van der Waals surface area (Å²) in [5.41, 5.74) is 6.52. The van der Waals surface area contributed by atoms with Crippen molar-refractivity contribution in [2.24, 2.45) is 5.73 Å². The Morgan fingerprint density at radius 2 is 1.69 bits per heavy atom. The van der Waals surface area contributed by atoms with E-state index >= 15 is 0 Å². The van der Waals surface area contributed by atoms with Crippen molar-refractivity contribution in [2.45, 2.75) is 19.0 Å². The van der Waals surface area contributed by atoms with Gasteiger partial charge >= 0.3 is 7.60 Å². The van der Waals surface area contributed by atoms with Crippen molar-refractivity contribution in [1.29, 1.82) is 0 Å². The predicted octanol–water partition coefficient (Wildman–Crippen LogP) is 0.782. The van der Waals surface area contributed by atoms with Crippen LogP contribution in [0.2, 0.25) is 0 Å². The summed E-state index contributed by atoms with van der Waals surface area (Å²) in [6, 6.07) is 6.78. The van der Waals surface area contributed by atoms with Crippen LogP contribution < -0.4 is 5.73 Å². The van der Waals surface area contributed by atoms with Gasteiger partial charge < -0.3 is 15.5 Å². The fraction of sp³-hybridized carbons (Fsp3) is 0.300. The minimum atomic E-state index is -4.01. The molecule has 1 aromatic rings. The van der Waals surface area contributed by atoms with Gasteiger partial charge in [-0.05, 0) is 17.5 Å². The molecule has 0 heterocycles. The van der Waals surface area contributed by atoms with Crippen LogP contribution in [0.25, 0.3) is 0 Å². The Balaban J connectivity index is 2.61. The van der Waals surface area contributed by atoms with E-state index in [2.05, 4.69) is 0 Å². The average Bonchev–Trinajstić information content (AvgIpc) is 2.14. The van der Waals surface area contributed by atoms with Crippen LogP contribution in [0.1, 0.15) is 17.5 Å². The first-order valence-corrected chi connectivity index (χ1v) is 6.57.